The first-order valence-electron chi connectivity index (χ1n) is 7.24. The lowest BCUT2D eigenvalue weighted by atomic mass is 10.1. The fourth-order valence-electron chi connectivity index (χ4n) is 2.14. The van der Waals surface area contributed by atoms with Gasteiger partial charge in [0.25, 0.3) is 0 Å². The predicted molar refractivity (Wildman–Crippen MR) is 83.3 cm³/mol. The highest BCUT2D eigenvalue weighted by atomic mass is 16.4. The van der Waals surface area contributed by atoms with E-state index in [1.165, 1.54) is 0 Å². The fourth-order valence-corrected chi connectivity index (χ4v) is 2.14. The molecule has 5 nitrogen and oxygen atoms in total. The summed E-state index contributed by atoms with van der Waals surface area (Å²) in [5, 5.41) is 11.8. The number of amides is 1. The van der Waals surface area contributed by atoms with Gasteiger partial charge in [-0.15, -0.1) is 0 Å². The summed E-state index contributed by atoms with van der Waals surface area (Å²) in [4.78, 5) is 24.9. The van der Waals surface area contributed by atoms with Gasteiger partial charge < -0.3 is 10.4 Å². The highest BCUT2D eigenvalue weighted by Crippen LogP contribution is 2.10. The largest absolute Gasteiger partial charge is 0.481 e. The van der Waals surface area contributed by atoms with Crippen LogP contribution >= 0.6 is 0 Å². The van der Waals surface area contributed by atoms with Gasteiger partial charge in [0.05, 0.1) is 12.5 Å². The van der Waals surface area contributed by atoms with Crippen LogP contribution in [0.2, 0.25) is 0 Å². The van der Waals surface area contributed by atoms with E-state index in [1.54, 1.807) is 6.92 Å². The molecule has 21 heavy (non-hydrogen) atoms. The molecule has 0 spiro atoms. The zero-order valence-corrected chi connectivity index (χ0v) is 12.9. The van der Waals surface area contributed by atoms with Crippen LogP contribution in [0.3, 0.4) is 0 Å². The Labute approximate surface area is 126 Å². The molecule has 116 valence electrons. The van der Waals surface area contributed by atoms with Crippen LogP contribution in [0.4, 0.5) is 5.69 Å². The fraction of sp³-hybridized carbons (Fsp3) is 0.500. The van der Waals surface area contributed by atoms with Crippen LogP contribution in [0, 0.1) is 12.8 Å². The molecular formula is C16H24N2O3. The molecular weight excluding hydrogens is 268 g/mol. The lowest BCUT2D eigenvalue weighted by molar-refractivity contribution is -0.142. The molecule has 0 radical (unpaired) electrons. The molecule has 1 atom stereocenters. The Bertz CT molecular complexity index is 488. The summed E-state index contributed by atoms with van der Waals surface area (Å²) >= 11 is 0. The average Bonchev–Trinajstić information content (AvgIpc) is 2.38. The van der Waals surface area contributed by atoms with Crippen molar-refractivity contribution in [3.63, 3.8) is 0 Å². The average molecular weight is 292 g/mol. The van der Waals surface area contributed by atoms with E-state index >= 15 is 0 Å². The van der Waals surface area contributed by atoms with Crippen LogP contribution in [0.1, 0.15) is 25.8 Å². The number of nitrogens with one attached hydrogen (secondary N) is 1. The van der Waals surface area contributed by atoms with Gasteiger partial charge in [-0.1, -0.05) is 26.0 Å². The molecule has 1 aromatic carbocycles. The third kappa shape index (κ3) is 6.40. The predicted octanol–water partition coefficient (Wildman–Crippen LogP) is 2.37. The summed E-state index contributed by atoms with van der Waals surface area (Å²) < 4.78 is 0. The Morgan fingerprint density at radius 2 is 2.10 bits per heavy atom. The minimum Gasteiger partial charge on any atom is -0.481 e. The molecule has 0 saturated heterocycles. The van der Waals surface area contributed by atoms with Gasteiger partial charge in [-0.25, -0.2) is 0 Å². The van der Waals surface area contributed by atoms with Gasteiger partial charge in [-0.05, 0) is 37.6 Å². The second-order valence-corrected chi connectivity index (χ2v) is 5.39. The van der Waals surface area contributed by atoms with Crippen LogP contribution in [-0.4, -0.2) is 41.5 Å². The number of anilines is 1. The number of carbonyl (C=O) groups is 2. The summed E-state index contributed by atoms with van der Waals surface area (Å²) in [6.45, 7) is 6.93. The van der Waals surface area contributed by atoms with Gasteiger partial charge >= 0.3 is 5.97 Å². The van der Waals surface area contributed by atoms with E-state index in [4.69, 9.17) is 5.11 Å². The van der Waals surface area contributed by atoms with Gasteiger partial charge in [-0.3, -0.25) is 14.5 Å². The number of carboxylic acids is 1. The SMILES string of the molecule is CCCN(CC(=O)Nc1cccc(C)c1)CC(C)C(=O)O. The monoisotopic (exact) mass is 292 g/mol. The number of rotatable bonds is 8. The minimum atomic E-state index is -0.838. The van der Waals surface area contributed by atoms with Crippen molar-refractivity contribution >= 4 is 17.6 Å². The molecule has 0 aromatic heterocycles. The number of hydrogen-bond donors (Lipinski definition) is 2. The number of aliphatic carboxylic acids is 1. The molecule has 1 unspecified atom stereocenters. The van der Waals surface area contributed by atoms with Crippen molar-refractivity contribution < 1.29 is 14.7 Å². The van der Waals surface area contributed by atoms with Crippen molar-refractivity contribution in [1.82, 2.24) is 4.90 Å². The molecule has 0 aliphatic rings. The third-order valence-electron chi connectivity index (χ3n) is 3.16. The molecule has 0 aliphatic carbocycles. The van der Waals surface area contributed by atoms with E-state index in [9.17, 15) is 9.59 Å². The zero-order valence-electron chi connectivity index (χ0n) is 12.9. The summed E-state index contributed by atoms with van der Waals surface area (Å²) in [7, 11) is 0. The van der Waals surface area contributed by atoms with Gasteiger partial charge in [0.1, 0.15) is 0 Å². The van der Waals surface area contributed by atoms with Crippen molar-refractivity contribution in [2.24, 2.45) is 5.92 Å². The van der Waals surface area contributed by atoms with E-state index in [2.05, 4.69) is 5.32 Å². The summed E-state index contributed by atoms with van der Waals surface area (Å²) in [5.74, 6) is -1.44. The Kier molecular flexibility index (Phi) is 6.88. The van der Waals surface area contributed by atoms with Crippen LogP contribution in [-0.2, 0) is 9.59 Å². The Hall–Kier alpha value is -1.88. The minimum absolute atomic E-state index is 0.119. The number of carboxylic acid groups (broad SMARTS) is 1. The Balaban J connectivity index is 2.57. The molecule has 0 aliphatic heterocycles. The summed E-state index contributed by atoms with van der Waals surface area (Å²) in [5.41, 5.74) is 1.85. The Morgan fingerprint density at radius 1 is 1.38 bits per heavy atom. The highest BCUT2D eigenvalue weighted by Gasteiger charge is 2.17. The lowest BCUT2D eigenvalue weighted by Gasteiger charge is -2.23. The first kappa shape index (κ1) is 17.2. The van der Waals surface area contributed by atoms with Gasteiger partial charge in [-0.2, -0.15) is 0 Å². The van der Waals surface area contributed by atoms with Crippen molar-refractivity contribution in [2.45, 2.75) is 27.2 Å². The lowest BCUT2D eigenvalue weighted by Crippen LogP contribution is -2.38. The van der Waals surface area contributed by atoms with Crippen LogP contribution < -0.4 is 5.32 Å². The standard InChI is InChI=1S/C16H24N2O3/c1-4-8-18(10-13(3)16(20)21)11-15(19)17-14-7-5-6-12(2)9-14/h5-7,9,13H,4,8,10-11H2,1-3H3,(H,17,19)(H,20,21). The maximum atomic E-state index is 12.1. The van der Waals surface area contributed by atoms with Crippen molar-refractivity contribution in [1.29, 1.82) is 0 Å². The van der Waals surface area contributed by atoms with Crippen LogP contribution in [0.25, 0.3) is 0 Å². The molecule has 0 fully saturated rings. The summed E-state index contributed by atoms with van der Waals surface area (Å²) in [6.07, 6.45) is 0.879. The van der Waals surface area contributed by atoms with Gasteiger partial charge in [0.15, 0.2) is 0 Å². The highest BCUT2D eigenvalue weighted by molar-refractivity contribution is 5.92. The molecule has 1 rings (SSSR count). The molecule has 1 aromatic rings. The maximum Gasteiger partial charge on any atom is 0.307 e. The molecule has 1 amide bonds. The quantitative estimate of drug-likeness (QED) is 0.771. The van der Waals surface area contributed by atoms with E-state index in [-0.39, 0.29) is 12.5 Å². The van der Waals surface area contributed by atoms with E-state index in [1.807, 2.05) is 43.0 Å². The topological polar surface area (TPSA) is 69.6 Å². The van der Waals surface area contributed by atoms with Crippen molar-refractivity contribution in [3.05, 3.63) is 29.8 Å². The second kappa shape index (κ2) is 8.42. The number of aryl methyl sites for hydroxylation is 1. The molecule has 0 heterocycles. The first-order valence-corrected chi connectivity index (χ1v) is 7.24. The molecule has 2 N–H and O–H groups in total. The van der Waals surface area contributed by atoms with E-state index in [0.29, 0.717) is 13.1 Å². The first-order chi connectivity index (χ1) is 9.92. The smallest absolute Gasteiger partial charge is 0.307 e. The number of nitrogens with zero attached hydrogens (tertiary/aromatic N) is 1. The molecule has 5 heteroatoms. The maximum absolute atomic E-state index is 12.1. The summed E-state index contributed by atoms with van der Waals surface area (Å²) in [6, 6.07) is 7.60. The van der Waals surface area contributed by atoms with Crippen LogP contribution in [0.15, 0.2) is 24.3 Å². The third-order valence-corrected chi connectivity index (χ3v) is 3.16. The normalized spacial score (nSPS) is 12.2. The molecule has 0 saturated carbocycles. The number of carbonyl (C=O) groups excluding carboxylic acids is 1. The van der Waals surface area contributed by atoms with E-state index in [0.717, 1.165) is 17.7 Å². The van der Waals surface area contributed by atoms with Gasteiger partial charge in [0, 0.05) is 12.2 Å². The van der Waals surface area contributed by atoms with E-state index < -0.39 is 11.9 Å². The van der Waals surface area contributed by atoms with Crippen LogP contribution in [0.5, 0.6) is 0 Å². The van der Waals surface area contributed by atoms with Gasteiger partial charge in [0.2, 0.25) is 5.91 Å². The number of hydrogen-bond acceptors (Lipinski definition) is 3. The van der Waals surface area contributed by atoms with Crippen molar-refractivity contribution in [3.8, 4) is 0 Å². The Morgan fingerprint density at radius 3 is 2.67 bits per heavy atom. The van der Waals surface area contributed by atoms with Crippen molar-refractivity contribution in [2.75, 3.05) is 25.0 Å². The second-order valence-electron chi connectivity index (χ2n) is 5.39. The zero-order chi connectivity index (χ0) is 15.8. The molecule has 0 bridgehead atoms. The number of benzene rings is 1.